The number of thiazole rings is 1. The predicted molar refractivity (Wildman–Crippen MR) is 84.4 cm³/mol. The Morgan fingerprint density at radius 2 is 2.38 bits per heavy atom. The molecule has 5 nitrogen and oxygen atoms in total. The molecule has 1 aliphatic heterocycles. The summed E-state index contributed by atoms with van der Waals surface area (Å²) in [4.78, 5) is 19.1. The highest BCUT2D eigenvalue weighted by Crippen LogP contribution is 2.36. The molecule has 3 rings (SSSR count). The highest BCUT2D eigenvalue weighted by atomic mass is 35.5. The molecule has 1 N–H and O–H groups in total. The smallest absolute Gasteiger partial charge is 0.265 e. The van der Waals surface area contributed by atoms with Crippen LogP contribution in [0.2, 0.25) is 5.02 Å². The molecule has 1 amide bonds. The van der Waals surface area contributed by atoms with Crippen LogP contribution >= 0.6 is 22.9 Å². The first kappa shape index (κ1) is 14.2. The number of anilines is 2. The van der Waals surface area contributed by atoms with Crippen LogP contribution in [0.5, 0.6) is 5.75 Å². The molecule has 0 atom stereocenters. The van der Waals surface area contributed by atoms with Gasteiger partial charge in [0.2, 0.25) is 0 Å². The number of fused-ring (bicyclic) bond motifs is 1. The van der Waals surface area contributed by atoms with Crippen LogP contribution in [-0.4, -0.2) is 24.0 Å². The summed E-state index contributed by atoms with van der Waals surface area (Å²) in [6.45, 7) is 3.36. The van der Waals surface area contributed by atoms with Crippen LogP contribution in [-0.2, 0) is 11.3 Å². The summed E-state index contributed by atoms with van der Waals surface area (Å²) in [6, 6.07) is 5.29. The number of benzene rings is 1. The van der Waals surface area contributed by atoms with E-state index in [9.17, 15) is 4.79 Å². The quantitative estimate of drug-likeness (QED) is 0.939. The molecule has 0 unspecified atom stereocenters. The summed E-state index contributed by atoms with van der Waals surface area (Å²) in [6.07, 6.45) is 1.79. The number of carbonyl (C=O) groups is 1. The molecule has 1 aromatic heterocycles. The fourth-order valence-electron chi connectivity index (χ4n) is 2.12. The van der Waals surface area contributed by atoms with Crippen molar-refractivity contribution in [1.29, 1.82) is 0 Å². The minimum absolute atomic E-state index is 0.0491. The van der Waals surface area contributed by atoms with Gasteiger partial charge in [0, 0.05) is 22.6 Å². The maximum Gasteiger partial charge on any atom is 0.265 e. The molecule has 0 fully saturated rings. The summed E-state index contributed by atoms with van der Waals surface area (Å²) in [5, 5.41) is 4.60. The lowest BCUT2D eigenvalue weighted by Gasteiger charge is -2.29. The largest absolute Gasteiger partial charge is 0.482 e. The Hall–Kier alpha value is -1.79. The van der Waals surface area contributed by atoms with Gasteiger partial charge in [-0.3, -0.25) is 4.79 Å². The van der Waals surface area contributed by atoms with Crippen molar-refractivity contribution in [1.82, 2.24) is 4.98 Å². The lowest BCUT2D eigenvalue weighted by atomic mass is 10.2. The van der Waals surface area contributed by atoms with Gasteiger partial charge in [0.15, 0.2) is 11.7 Å². The number of ether oxygens (including phenoxy) is 1. The van der Waals surface area contributed by atoms with Gasteiger partial charge in [-0.15, -0.1) is 11.3 Å². The molecule has 2 aromatic rings. The van der Waals surface area contributed by atoms with Gasteiger partial charge in [0.1, 0.15) is 5.75 Å². The number of nitrogens with one attached hydrogen (secondary N) is 1. The first-order valence-electron chi connectivity index (χ1n) is 6.58. The van der Waals surface area contributed by atoms with E-state index >= 15 is 0 Å². The molecule has 21 heavy (non-hydrogen) atoms. The van der Waals surface area contributed by atoms with E-state index < -0.39 is 0 Å². The number of halogens is 1. The Kier molecular flexibility index (Phi) is 3.98. The third kappa shape index (κ3) is 2.96. The van der Waals surface area contributed by atoms with Crippen molar-refractivity contribution in [2.75, 3.05) is 23.4 Å². The van der Waals surface area contributed by atoms with Gasteiger partial charge in [-0.2, -0.15) is 0 Å². The van der Waals surface area contributed by atoms with E-state index in [1.165, 1.54) is 0 Å². The molecular formula is C14H14ClN3O2S. The van der Waals surface area contributed by atoms with Crippen molar-refractivity contribution in [3.8, 4) is 5.75 Å². The fraction of sp³-hybridized carbons (Fsp3) is 0.286. The number of aromatic nitrogens is 1. The third-order valence-corrected chi connectivity index (χ3v) is 4.23. The summed E-state index contributed by atoms with van der Waals surface area (Å²) in [5.74, 6) is 0.596. The van der Waals surface area contributed by atoms with E-state index in [-0.39, 0.29) is 12.5 Å². The Balaban J connectivity index is 1.87. The molecule has 7 heteroatoms. The van der Waals surface area contributed by atoms with Gasteiger partial charge in [-0.25, -0.2) is 4.98 Å². The highest BCUT2D eigenvalue weighted by Gasteiger charge is 2.26. The number of hydrogen-bond donors (Lipinski definition) is 1. The van der Waals surface area contributed by atoms with Gasteiger partial charge in [-0.1, -0.05) is 11.6 Å². The highest BCUT2D eigenvalue weighted by molar-refractivity contribution is 7.15. The zero-order valence-electron chi connectivity index (χ0n) is 11.4. The standard InChI is InChI=1S/C14H14ClN3O2S/c1-2-16-14-17-6-10(21-14)7-18-11-5-9(15)3-4-12(11)20-8-13(18)19/h3-6H,2,7-8H2,1H3,(H,16,17). The normalized spacial score (nSPS) is 13.8. The second kappa shape index (κ2) is 5.91. The number of hydrogen-bond acceptors (Lipinski definition) is 5. The maximum atomic E-state index is 12.1. The SMILES string of the molecule is CCNc1ncc(CN2C(=O)COc3ccc(Cl)cc32)s1. The zero-order valence-corrected chi connectivity index (χ0v) is 13.0. The van der Waals surface area contributed by atoms with Crippen molar-refractivity contribution in [2.24, 2.45) is 0 Å². The van der Waals surface area contributed by atoms with E-state index in [1.54, 1.807) is 40.6 Å². The molecule has 0 radical (unpaired) electrons. The summed E-state index contributed by atoms with van der Waals surface area (Å²) in [5.41, 5.74) is 0.706. The van der Waals surface area contributed by atoms with E-state index in [2.05, 4.69) is 10.3 Å². The van der Waals surface area contributed by atoms with Crippen molar-refractivity contribution in [2.45, 2.75) is 13.5 Å². The van der Waals surface area contributed by atoms with Crippen molar-refractivity contribution >= 4 is 39.7 Å². The van der Waals surface area contributed by atoms with Crippen LogP contribution in [0.4, 0.5) is 10.8 Å². The van der Waals surface area contributed by atoms with Crippen LogP contribution in [0.25, 0.3) is 0 Å². The Bertz CT molecular complexity index is 674. The average Bonchev–Trinajstić information content (AvgIpc) is 2.90. The Morgan fingerprint density at radius 3 is 3.19 bits per heavy atom. The number of rotatable bonds is 4. The lowest BCUT2D eigenvalue weighted by molar-refractivity contribution is -0.121. The molecule has 1 aromatic carbocycles. The minimum Gasteiger partial charge on any atom is -0.482 e. The maximum absolute atomic E-state index is 12.1. The van der Waals surface area contributed by atoms with Crippen molar-refractivity contribution < 1.29 is 9.53 Å². The molecule has 1 aliphatic rings. The lowest BCUT2D eigenvalue weighted by Crippen LogP contribution is -2.38. The molecular weight excluding hydrogens is 310 g/mol. The molecule has 0 bridgehead atoms. The van der Waals surface area contributed by atoms with Gasteiger partial charge in [-0.05, 0) is 25.1 Å². The molecule has 0 aliphatic carbocycles. The van der Waals surface area contributed by atoms with E-state index in [1.807, 2.05) is 6.92 Å². The van der Waals surface area contributed by atoms with E-state index in [4.69, 9.17) is 16.3 Å². The number of amides is 1. The van der Waals surface area contributed by atoms with Crippen LogP contribution < -0.4 is 15.0 Å². The van der Waals surface area contributed by atoms with Crippen LogP contribution in [0.1, 0.15) is 11.8 Å². The molecule has 110 valence electrons. The van der Waals surface area contributed by atoms with Crippen molar-refractivity contribution in [3.63, 3.8) is 0 Å². The molecule has 0 spiro atoms. The van der Waals surface area contributed by atoms with E-state index in [0.29, 0.717) is 23.0 Å². The predicted octanol–water partition coefficient (Wildman–Crippen LogP) is 3.15. The minimum atomic E-state index is -0.0804. The fourth-order valence-corrected chi connectivity index (χ4v) is 3.15. The number of nitrogens with zero attached hydrogens (tertiary/aromatic N) is 2. The van der Waals surface area contributed by atoms with Crippen LogP contribution in [0.15, 0.2) is 24.4 Å². The van der Waals surface area contributed by atoms with Gasteiger partial charge in [0.25, 0.3) is 5.91 Å². The molecule has 0 saturated carbocycles. The first-order valence-corrected chi connectivity index (χ1v) is 7.78. The van der Waals surface area contributed by atoms with Gasteiger partial charge >= 0.3 is 0 Å². The monoisotopic (exact) mass is 323 g/mol. The van der Waals surface area contributed by atoms with Gasteiger partial charge in [0.05, 0.1) is 12.2 Å². The Labute approximate surface area is 131 Å². The summed E-state index contributed by atoms with van der Waals surface area (Å²) < 4.78 is 5.43. The third-order valence-electron chi connectivity index (χ3n) is 3.06. The second-order valence-electron chi connectivity index (χ2n) is 4.54. The Morgan fingerprint density at radius 1 is 1.52 bits per heavy atom. The summed E-state index contributed by atoms with van der Waals surface area (Å²) in [7, 11) is 0. The van der Waals surface area contributed by atoms with E-state index in [0.717, 1.165) is 16.6 Å². The topological polar surface area (TPSA) is 54.5 Å². The second-order valence-corrected chi connectivity index (χ2v) is 6.09. The van der Waals surface area contributed by atoms with Crippen LogP contribution in [0.3, 0.4) is 0 Å². The zero-order chi connectivity index (χ0) is 14.8. The first-order chi connectivity index (χ1) is 10.2. The average molecular weight is 324 g/mol. The molecule has 0 saturated heterocycles. The van der Waals surface area contributed by atoms with Crippen LogP contribution in [0, 0.1) is 0 Å². The summed E-state index contributed by atoms with van der Waals surface area (Å²) >= 11 is 7.57. The molecule has 2 heterocycles. The van der Waals surface area contributed by atoms with Crippen molar-refractivity contribution in [3.05, 3.63) is 34.3 Å². The van der Waals surface area contributed by atoms with Gasteiger partial charge < -0.3 is 15.0 Å². The number of carbonyl (C=O) groups excluding carboxylic acids is 1.